The van der Waals surface area contributed by atoms with Crippen LogP contribution in [0.15, 0.2) is 45.9 Å². The lowest BCUT2D eigenvalue weighted by atomic mass is 10.1. The fourth-order valence-electron chi connectivity index (χ4n) is 2.07. The van der Waals surface area contributed by atoms with Gasteiger partial charge in [0.2, 0.25) is 0 Å². The van der Waals surface area contributed by atoms with Crippen LogP contribution in [0.5, 0.6) is 0 Å². The third kappa shape index (κ3) is 3.94. The molecule has 0 radical (unpaired) electrons. The molecule has 0 aliphatic carbocycles. The first-order valence-electron chi connectivity index (χ1n) is 6.73. The summed E-state index contributed by atoms with van der Waals surface area (Å²) in [7, 11) is -3.58. The molecule has 2 rings (SSSR count). The van der Waals surface area contributed by atoms with Crippen LogP contribution >= 0.6 is 0 Å². The number of aliphatic hydroxyl groups is 1. The molecule has 120 valence electrons. The SMILES string of the molecule is C[C@H](NC[C@@H](O)c1ccco1)c1ccc(S(C)(=O)=O)c(F)c1. The van der Waals surface area contributed by atoms with Crippen LogP contribution in [0.1, 0.15) is 30.4 Å². The van der Waals surface area contributed by atoms with Gasteiger partial charge in [0, 0.05) is 18.8 Å². The van der Waals surface area contributed by atoms with Crippen molar-refractivity contribution < 1.29 is 22.3 Å². The summed E-state index contributed by atoms with van der Waals surface area (Å²) in [4.78, 5) is -0.320. The van der Waals surface area contributed by atoms with Crippen molar-refractivity contribution in [3.63, 3.8) is 0 Å². The molecule has 22 heavy (non-hydrogen) atoms. The molecule has 0 amide bonds. The Morgan fingerprint density at radius 2 is 2.09 bits per heavy atom. The molecule has 0 spiro atoms. The molecule has 2 atom stereocenters. The van der Waals surface area contributed by atoms with Crippen molar-refractivity contribution in [2.75, 3.05) is 12.8 Å². The second-order valence-electron chi connectivity index (χ2n) is 5.12. The Kier molecular flexibility index (Phi) is 5.00. The molecule has 0 saturated carbocycles. The van der Waals surface area contributed by atoms with E-state index in [2.05, 4.69) is 5.32 Å². The molecule has 1 aromatic carbocycles. The van der Waals surface area contributed by atoms with E-state index in [1.54, 1.807) is 25.1 Å². The topological polar surface area (TPSA) is 79.5 Å². The number of hydrogen-bond acceptors (Lipinski definition) is 5. The summed E-state index contributed by atoms with van der Waals surface area (Å²) in [6.45, 7) is 2.02. The first kappa shape index (κ1) is 16.7. The summed E-state index contributed by atoms with van der Waals surface area (Å²) in [6, 6.07) is 7.08. The lowest BCUT2D eigenvalue weighted by Gasteiger charge is -2.17. The summed E-state index contributed by atoms with van der Waals surface area (Å²) >= 11 is 0. The molecule has 2 N–H and O–H groups in total. The molecule has 0 fully saturated rings. The Morgan fingerprint density at radius 1 is 1.36 bits per heavy atom. The van der Waals surface area contributed by atoms with E-state index in [1.807, 2.05) is 0 Å². The Balaban J connectivity index is 2.04. The number of furan rings is 1. The van der Waals surface area contributed by atoms with Crippen molar-refractivity contribution in [1.29, 1.82) is 0 Å². The van der Waals surface area contributed by atoms with E-state index in [9.17, 15) is 17.9 Å². The van der Waals surface area contributed by atoms with Crippen LogP contribution < -0.4 is 5.32 Å². The second kappa shape index (κ2) is 6.60. The van der Waals surface area contributed by atoms with Gasteiger partial charge in [-0.2, -0.15) is 0 Å². The van der Waals surface area contributed by atoms with Gasteiger partial charge in [-0.3, -0.25) is 0 Å². The van der Waals surface area contributed by atoms with Crippen LogP contribution in [0.3, 0.4) is 0 Å². The first-order valence-corrected chi connectivity index (χ1v) is 8.62. The van der Waals surface area contributed by atoms with Crippen LogP contribution in [0.25, 0.3) is 0 Å². The van der Waals surface area contributed by atoms with Gasteiger partial charge in [0.05, 0.1) is 6.26 Å². The normalized spacial score (nSPS) is 14.7. The maximum Gasteiger partial charge on any atom is 0.178 e. The van der Waals surface area contributed by atoms with E-state index in [4.69, 9.17) is 4.42 Å². The molecule has 1 aromatic heterocycles. The minimum atomic E-state index is -3.58. The van der Waals surface area contributed by atoms with Gasteiger partial charge in [-0.1, -0.05) is 6.07 Å². The number of benzene rings is 1. The maximum atomic E-state index is 13.9. The molecule has 7 heteroatoms. The van der Waals surface area contributed by atoms with Crippen molar-refractivity contribution in [1.82, 2.24) is 5.32 Å². The Hall–Kier alpha value is -1.70. The van der Waals surface area contributed by atoms with E-state index in [1.165, 1.54) is 18.4 Å². The van der Waals surface area contributed by atoms with Gasteiger partial charge < -0.3 is 14.8 Å². The first-order chi connectivity index (χ1) is 10.3. The number of aliphatic hydroxyl groups excluding tert-OH is 1. The summed E-state index contributed by atoms with van der Waals surface area (Å²) in [5, 5.41) is 12.9. The highest BCUT2D eigenvalue weighted by Gasteiger charge is 2.17. The molecule has 1 heterocycles. The number of halogens is 1. The Labute approximate surface area is 128 Å². The Bertz CT molecular complexity index is 728. The van der Waals surface area contributed by atoms with Crippen molar-refractivity contribution in [3.05, 3.63) is 53.7 Å². The van der Waals surface area contributed by atoms with Crippen molar-refractivity contribution >= 4 is 9.84 Å². The quantitative estimate of drug-likeness (QED) is 0.850. The fourth-order valence-corrected chi connectivity index (χ4v) is 2.80. The number of sulfone groups is 1. The average Bonchev–Trinajstić information content (AvgIpc) is 2.97. The molecule has 0 bridgehead atoms. The van der Waals surface area contributed by atoms with Crippen molar-refractivity contribution in [3.8, 4) is 0 Å². The summed E-state index contributed by atoms with van der Waals surface area (Å²) < 4.78 is 41.7. The number of rotatable bonds is 6. The van der Waals surface area contributed by atoms with Crippen LogP contribution in [-0.2, 0) is 9.84 Å². The monoisotopic (exact) mass is 327 g/mol. The molecule has 0 aliphatic heterocycles. The van der Waals surface area contributed by atoms with Crippen molar-refractivity contribution in [2.45, 2.75) is 24.0 Å². The minimum Gasteiger partial charge on any atom is -0.467 e. The molecular weight excluding hydrogens is 309 g/mol. The summed E-state index contributed by atoms with van der Waals surface area (Å²) in [6.07, 6.45) is 1.63. The minimum absolute atomic E-state index is 0.226. The summed E-state index contributed by atoms with van der Waals surface area (Å²) in [5.41, 5.74) is 0.594. The van der Waals surface area contributed by atoms with Gasteiger partial charge in [-0.15, -0.1) is 0 Å². The highest BCUT2D eigenvalue weighted by atomic mass is 32.2. The second-order valence-corrected chi connectivity index (χ2v) is 7.11. The van der Waals surface area contributed by atoms with Gasteiger partial charge in [0.15, 0.2) is 9.84 Å². The third-order valence-electron chi connectivity index (χ3n) is 3.34. The largest absolute Gasteiger partial charge is 0.467 e. The predicted molar refractivity (Wildman–Crippen MR) is 79.6 cm³/mol. The highest BCUT2D eigenvalue weighted by Crippen LogP contribution is 2.21. The molecule has 0 unspecified atom stereocenters. The van der Waals surface area contributed by atoms with Crippen LogP contribution in [0.4, 0.5) is 4.39 Å². The number of nitrogens with one attached hydrogen (secondary N) is 1. The van der Waals surface area contributed by atoms with Crippen LogP contribution in [-0.4, -0.2) is 26.3 Å². The molecular formula is C15H18FNO4S. The highest BCUT2D eigenvalue weighted by molar-refractivity contribution is 7.90. The lowest BCUT2D eigenvalue weighted by molar-refractivity contribution is 0.144. The Morgan fingerprint density at radius 3 is 2.64 bits per heavy atom. The van der Waals surface area contributed by atoms with E-state index in [-0.39, 0.29) is 17.5 Å². The molecule has 0 aliphatic rings. The van der Waals surface area contributed by atoms with E-state index in [0.29, 0.717) is 11.3 Å². The number of hydrogen-bond donors (Lipinski definition) is 2. The van der Waals surface area contributed by atoms with Gasteiger partial charge in [-0.05, 0) is 36.8 Å². The van der Waals surface area contributed by atoms with Crippen molar-refractivity contribution in [2.24, 2.45) is 0 Å². The molecule has 2 aromatic rings. The third-order valence-corrected chi connectivity index (χ3v) is 4.47. The smallest absolute Gasteiger partial charge is 0.178 e. The van der Waals surface area contributed by atoms with E-state index < -0.39 is 21.8 Å². The average molecular weight is 327 g/mol. The predicted octanol–water partition coefficient (Wildman–Crippen LogP) is 2.21. The lowest BCUT2D eigenvalue weighted by Crippen LogP contribution is -2.24. The zero-order chi connectivity index (χ0) is 16.3. The van der Waals surface area contributed by atoms with Crippen LogP contribution in [0, 0.1) is 5.82 Å². The molecule has 0 saturated heterocycles. The van der Waals surface area contributed by atoms with E-state index >= 15 is 0 Å². The van der Waals surface area contributed by atoms with Crippen LogP contribution in [0.2, 0.25) is 0 Å². The maximum absolute atomic E-state index is 13.9. The fraction of sp³-hybridized carbons (Fsp3) is 0.333. The van der Waals surface area contributed by atoms with Gasteiger partial charge in [-0.25, -0.2) is 12.8 Å². The van der Waals surface area contributed by atoms with Gasteiger partial charge >= 0.3 is 0 Å². The summed E-state index contributed by atoms with van der Waals surface area (Å²) in [5.74, 6) is -0.335. The zero-order valence-corrected chi connectivity index (χ0v) is 13.1. The standard InChI is InChI=1S/C15H18FNO4S/c1-10(17-9-13(18)14-4-3-7-21-14)11-5-6-15(12(16)8-11)22(2,19)20/h3-8,10,13,17-18H,9H2,1-2H3/t10-,13+/m0/s1. The van der Waals surface area contributed by atoms with Gasteiger partial charge in [0.25, 0.3) is 0 Å². The van der Waals surface area contributed by atoms with E-state index in [0.717, 1.165) is 6.26 Å². The zero-order valence-electron chi connectivity index (χ0n) is 12.3. The molecule has 5 nitrogen and oxygen atoms in total. The van der Waals surface area contributed by atoms with Gasteiger partial charge in [0.1, 0.15) is 22.6 Å².